The van der Waals surface area contributed by atoms with Gasteiger partial charge in [0.15, 0.2) is 0 Å². The SMILES string of the molecule is O=C(NCc1ccccc1)C1CCN(C(=O)c2cnccn2)CC1. The van der Waals surface area contributed by atoms with Gasteiger partial charge in [-0.15, -0.1) is 0 Å². The van der Waals surface area contributed by atoms with Crippen molar-refractivity contribution in [1.82, 2.24) is 20.2 Å². The quantitative estimate of drug-likeness (QED) is 0.928. The average Bonchev–Trinajstić information content (AvgIpc) is 2.67. The number of carbonyl (C=O) groups is 2. The highest BCUT2D eigenvalue weighted by atomic mass is 16.2. The van der Waals surface area contributed by atoms with Crippen molar-refractivity contribution in [2.75, 3.05) is 13.1 Å². The van der Waals surface area contributed by atoms with Gasteiger partial charge in [0.05, 0.1) is 6.20 Å². The van der Waals surface area contributed by atoms with Gasteiger partial charge < -0.3 is 10.2 Å². The second kappa shape index (κ2) is 7.68. The van der Waals surface area contributed by atoms with Crippen molar-refractivity contribution < 1.29 is 9.59 Å². The van der Waals surface area contributed by atoms with Crippen LogP contribution in [0.3, 0.4) is 0 Å². The summed E-state index contributed by atoms with van der Waals surface area (Å²) in [7, 11) is 0. The Morgan fingerprint density at radius 3 is 2.54 bits per heavy atom. The van der Waals surface area contributed by atoms with Gasteiger partial charge in [0, 0.05) is 37.9 Å². The first-order chi connectivity index (χ1) is 11.7. The molecule has 0 atom stereocenters. The Morgan fingerprint density at radius 1 is 1.12 bits per heavy atom. The number of nitrogens with one attached hydrogen (secondary N) is 1. The Balaban J connectivity index is 1.48. The lowest BCUT2D eigenvalue weighted by atomic mass is 9.95. The maximum atomic E-state index is 12.3. The van der Waals surface area contributed by atoms with Crippen LogP contribution in [0.1, 0.15) is 28.9 Å². The standard InChI is InChI=1S/C18H20N4O2/c23-17(21-12-14-4-2-1-3-5-14)15-6-10-22(11-7-15)18(24)16-13-19-8-9-20-16/h1-5,8-9,13,15H,6-7,10-12H2,(H,21,23). The molecular formula is C18H20N4O2. The molecule has 0 radical (unpaired) electrons. The number of hydrogen-bond acceptors (Lipinski definition) is 4. The predicted octanol–water partition coefficient (Wildman–Crippen LogP) is 1.65. The fourth-order valence-electron chi connectivity index (χ4n) is 2.85. The molecule has 1 aliphatic rings. The molecule has 1 fully saturated rings. The van der Waals surface area contributed by atoms with Crippen LogP contribution in [0, 0.1) is 5.92 Å². The Morgan fingerprint density at radius 2 is 1.88 bits per heavy atom. The number of aromatic nitrogens is 2. The number of piperidine rings is 1. The van der Waals surface area contributed by atoms with Crippen LogP contribution in [-0.2, 0) is 11.3 Å². The van der Waals surface area contributed by atoms with Gasteiger partial charge in [0.25, 0.3) is 5.91 Å². The zero-order valence-corrected chi connectivity index (χ0v) is 13.4. The Bertz CT molecular complexity index is 683. The number of benzene rings is 1. The summed E-state index contributed by atoms with van der Waals surface area (Å²) in [6.45, 7) is 1.68. The molecule has 2 aromatic rings. The van der Waals surface area contributed by atoms with Crippen LogP contribution in [0.25, 0.3) is 0 Å². The normalized spacial score (nSPS) is 15.1. The molecule has 0 saturated carbocycles. The second-order valence-corrected chi connectivity index (χ2v) is 5.86. The van der Waals surface area contributed by atoms with Crippen LogP contribution < -0.4 is 5.32 Å². The monoisotopic (exact) mass is 324 g/mol. The molecule has 1 N–H and O–H groups in total. The van der Waals surface area contributed by atoms with Gasteiger partial charge in [-0.05, 0) is 18.4 Å². The van der Waals surface area contributed by atoms with Crippen LogP contribution in [0.4, 0.5) is 0 Å². The molecular weight excluding hydrogens is 304 g/mol. The van der Waals surface area contributed by atoms with Gasteiger partial charge in [0.1, 0.15) is 5.69 Å². The van der Waals surface area contributed by atoms with E-state index in [4.69, 9.17) is 0 Å². The molecule has 1 saturated heterocycles. The van der Waals surface area contributed by atoms with Crippen molar-refractivity contribution in [2.45, 2.75) is 19.4 Å². The molecule has 24 heavy (non-hydrogen) atoms. The Hall–Kier alpha value is -2.76. The van der Waals surface area contributed by atoms with Gasteiger partial charge in [-0.25, -0.2) is 4.98 Å². The van der Waals surface area contributed by atoms with Gasteiger partial charge in [-0.2, -0.15) is 0 Å². The largest absolute Gasteiger partial charge is 0.352 e. The van der Waals surface area contributed by atoms with Gasteiger partial charge in [-0.3, -0.25) is 14.6 Å². The van der Waals surface area contributed by atoms with E-state index in [-0.39, 0.29) is 17.7 Å². The number of nitrogens with zero attached hydrogens (tertiary/aromatic N) is 3. The third kappa shape index (κ3) is 3.95. The molecule has 1 aliphatic heterocycles. The summed E-state index contributed by atoms with van der Waals surface area (Å²) in [5.74, 6) is -0.101. The summed E-state index contributed by atoms with van der Waals surface area (Å²) >= 11 is 0. The van der Waals surface area contributed by atoms with E-state index in [2.05, 4.69) is 15.3 Å². The highest BCUT2D eigenvalue weighted by molar-refractivity contribution is 5.92. The Kier molecular flexibility index (Phi) is 5.15. The lowest BCUT2D eigenvalue weighted by Gasteiger charge is -2.31. The fourth-order valence-corrected chi connectivity index (χ4v) is 2.85. The summed E-state index contributed by atoms with van der Waals surface area (Å²) in [5, 5.41) is 2.98. The van der Waals surface area contributed by atoms with E-state index in [9.17, 15) is 9.59 Å². The smallest absolute Gasteiger partial charge is 0.274 e. The van der Waals surface area contributed by atoms with Gasteiger partial charge in [-0.1, -0.05) is 30.3 Å². The first-order valence-corrected chi connectivity index (χ1v) is 8.11. The maximum Gasteiger partial charge on any atom is 0.274 e. The third-order valence-electron chi connectivity index (χ3n) is 4.24. The van der Waals surface area contributed by atoms with Gasteiger partial charge >= 0.3 is 0 Å². The van der Waals surface area contributed by atoms with Crippen LogP contribution >= 0.6 is 0 Å². The third-order valence-corrected chi connectivity index (χ3v) is 4.24. The van der Waals surface area contributed by atoms with Crippen LogP contribution in [0.2, 0.25) is 0 Å². The number of hydrogen-bond donors (Lipinski definition) is 1. The molecule has 3 rings (SSSR count). The van der Waals surface area contributed by atoms with Crippen molar-refractivity contribution in [2.24, 2.45) is 5.92 Å². The molecule has 6 heteroatoms. The topological polar surface area (TPSA) is 75.2 Å². The maximum absolute atomic E-state index is 12.3. The average molecular weight is 324 g/mol. The minimum Gasteiger partial charge on any atom is -0.352 e. The van der Waals surface area contributed by atoms with Crippen molar-refractivity contribution in [1.29, 1.82) is 0 Å². The van der Waals surface area contributed by atoms with Crippen molar-refractivity contribution >= 4 is 11.8 Å². The summed E-state index contributed by atoms with van der Waals surface area (Å²) in [6.07, 6.45) is 5.87. The van der Waals surface area contributed by atoms with E-state index >= 15 is 0 Å². The summed E-state index contributed by atoms with van der Waals surface area (Å²) in [4.78, 5) is 34.3. The van der Waals surface area contributed by atoms with Crippen LogP contribution in [0.5, 0.6) is 0 Å². The molecule has 0 spiro atoms. The minimum atomic E-state index is -0.119. The molecule has 1 aromatic carbocycles. The van der Waals surface area contributed by atoms with E-state index in [0.29, 0.717) is 38.2 Å². The first kappa shape index (κ1) is 16.1. The number of rotatable bonds is 4. The highest BCUT2D eigenvalue weighted by Crippen LogP contribution is 2.19. The van der Waals surface area contributed by atoms with E-state index in [0.717, 1.165) is 5.56 Å². The first-order valence-electron chi connectivity index (χ1n) is 8.11. The zero-order valence-electron chi connectivity index (χ0n) is 13.4. The van der Waals surface area contributed by atoms with Crippen LogP contribution in [0.15, 0.2) is 48.9 Å². The minimum absolute atomic E-state index is 0.0420. The summed E-state index contributed by atoms with van der Waals surface area (Å²) in [6, 6.07) is 9.84. The fraction of sp³-hybridized carbons (Fsp3) is 0.333. The van der Waals surface area contributed by atoms with Crippen LogP contribution in [-0.4, -0.2) is 39.8 Å². The lowest BCUT2D eigenvalue weighted by molar-refractivity contribution is -0.126. The second-order valence-electron chi connectivity index (χ2n) is 5.86. The van der Waals surface area contributed by atoms with Crippen molar-refractivity contribution in [3.8, 4) is 0 Å². The molecule has 1 aromatic heterocycles. The number of carbonyl (C=O) groups excluding carboxylic acids is 2. The predicted molar refractivity (Wildman–Crippen MR) is 88.9 cm³/mol. The van der Waals surface area contributed by atoms with Crippen molar-refractivity contribution in [3.05, 3.63) is 60.2 Å². The summed E-state index contributed by atoms with van der Waals surface area (Å²) in [5.41, 5.74) is 1.44. The summed E-state index contributed by atoms with van der Waals surface area (Å²) < 4.78 is 0. The molecule has 124 valence electrons. The molecule has 0 bridgehead atoms. The molecule has 0 unspecified atom stereocenters. The molecule has 0 aliphatic carbocycles. The van der Waals surface area contributed by atoms with E-state index in [1.54, 1.807) is 11.1 Å². The molecule has 2 heterocycles. The van der Waals surface area contributed by atoms with E-state index in [1.165, 1.54) is 12.4 Å². The van der Waals surface area contributed by atoms with E-state index < -0.39 is 0 Å². The lowest BCUT2D eigenvalue weighted by Crippen LogP contribution is -2.43. The van der Waals surface area contributed by atoms with E-state index in [1.807, 2.05) is 30.3 Å². The number of amides is 2. The molecule has 6 nitrogen and oxygen atoms in total. The number of likely N-dealkylation sites (tertiary alicyclic amines) is 1. The zero-order chi connectivity index (χ0) is 16.8. The Labute approximate surface area is 140 Å². The van der Waals surface area contributed by atoms with Crippen molar-refractivity contribution in [3.63, 3.8) is 0 Å². The highest BCUT2D eigenvalue weighted by Gasteiger charge is 2.28. The molecule has 2 amide bonds. The van der Waals surface area contributed by atoms with Gasteiger partial charge in [0.2, 0.25) is 5.91 Å².